The minimum Gasteiger partial charge on any atom is -0.322 e. The zero-order valence-corrected chi connectivity index (χ0v) is 8.22. The molecule has 14 heavy (non-hydrogen) atoms. The van der Waals surface area contributed by atoms with Crippen LogP contribution in [0.25, 0.3) is 0 Å². The molecule has 0 heterocycles. The number of ketones is 1. The van der Waals surface area contributed by atoms with Crippen molar-refractivity contribution in [1.29, 1.82) is 0 Å². The number of rotatable bonds is 3. The molecule has 1 fully saturated rings. The molecule has 2 aliphatic carbocycles. The van der Waals surface area contributed by atoms with Crippen LogP contribution in [-0.2, 0) is 9.59 Å². The Morgan fingerprint density at radius 3 is 2.71 bits per heavy atom. The molecule has 2 N–H and O–H groups in total. The summed E-state index contributed by atoms with van der Waals surface area (Å²) in [5.41, 5.74) is 5.57. The first kappa shape index (κ1) is 9.59. The Kier molecular flexibility index (Phi) is 2.27. The molecule has 1 saturated carbocycles. The Labute approximate surface area is 83.4 Å². The van der Waals surface area contributed by atoms with Crippen molar-refractivity contribution in [2.24, 2.45) is 29.4 Å². The van der Waals surface area contributed by atoms with Crippen molar-refractivity contribution in [1.82, 2.24) is 0 Å². The Hall–Kier alpha value is -0.960. The minimum atomic E-state index is -0.449. The number of carbonyl (C=O) groups is 2. The lowest BCUT2D eigenvalue weighted by molar-refractivity contribution is -0.129. The van der Waals surface area contributed by atoms with E-state index in [1.165, 1.54) is 0 Å². The molecule has 76 valence electrons. The molecule has 0 amide bonds. The van der Waals surface area contributed by atoms with E-state index in [0.29, 0.717) is 0 Å². The van der Waals surface area contributed by atoms with E-state index in [1.54, 1.807) is 6.92 Å². The van der Waals surface area contributed by atoms with Crippen LogP contribution < -0.4 is 5.73 Å². The first-order valence-electron chi connectivity index (χ1n) is 5.08. The number of hydrogen-bond donors (Lipinski definition) is 1. The normalized spacial score (nSPS) is 41.3. The largest absolute Gasteiger partial charge is 0.322 e. The smallest absolute Gasteiger partial charge is 0.153 e. The van der Waals surface area contributed by atoms with E-state index in [1.807, 2.05) is 0 Å². The van der Waals surface area contributed by atoms with Gasteiger partial charge in [-0.25, -0.2) is 0 Å². The summed E-state index contributed by atoms with van der Waals surface area (Å²) in [5, 5.41) is 0. The van der Waals surface area contributed by atoms with Gasteiger partial charge in [0.25, 0.3) is 0 Å². The van der Waals surface area contributed by atoms with E-state index in [4.69, 9.17) is 5.73 Å². The summed E-state index contributed by atoms with van der Waals surface area (Å²) in [5.74, 6) is 0.309. The molecule has 3 heteroatoms. The van der Waals surface area contributed by atoms with E-state index in [2.05, 4.69) is 12.2 Å². The molecular formula is C11H15NO2. The molecule has 2 rings (SSSR count). The summed E-state index contributed by atoms with van der Waals surface area (Å²) in [6, 6.07) is -0.449. The van der Waals surface area contributed by atoms with Crippen molar-refractivity contribution in [2.45, 2.75) is 19.4 Å². The summed E-state index contributed by atoms with van der Waals surface area (Å²) >= 11 is 0. The fraction of sp³-hybridized carbons (Fsp3) is 0.636. The zero-order chi connectivity index (χ0) is 10.3. The SMILES string of the molecule is CC(N)C(=O)C1C2C=CC(C2)C1C=O. The van der Waals surface area contributed by atoms with Gasteiger partial charge in [0.1, 0.15) is 6.29 Å². The van der Waals surface area contributed by atoms with Gasteiger partial charge in [0, 0.05) is 11.8 Å². The lowest BCUT2D eigenvalue weighted by Crippen LogP contribution is -2.38. The lowest BCUT2D eigenvalue weighted by atomic mass is 9.79. The molecule has 0 aromatic carbocycles. The zero-order valence-electron chi connectivity index (χ0n) is 8.22. The van der Waals surface area contributed by atoms with Crippen molar-refractivity contribution in [3.63, 3.8) is 0 Å². The molecule has 5 unspecified atom stereocenters. The Bertz CT molecular complexity index is 296. The van der Waals surface area contributed by atoms with Gasteiger partial charge in [0.2, 0.25) is 0 Å². The fourth-order valence-electron chi connectivity index (χ4n) is 2.75. The van der Waals surface area contributed by atoms with Gasteiger partial charge in [-0.3, -0.25) is 4.79 Å². The van der Waals surface area contributed by atoms with Crippen LogP contribution >= 0.6 is 0 Å². The molecule has 0 aromatic heterocycles. The first-order chi connectivity index (χ1) is 6.65. The Morgan fingerprint density at radius 1 is 1.50 bits per heavy atom. The van der Waals surface area contributed by atoms with Crippen LogP contribution in [0, 0.1) is 23.7 Å². The van der Waals surface area contributed by atoms with E-state index < -0.39 is 6.04 Å². The predicted molar refractivity (Wildman–Crippen MR) is 52.4 cm³/mol. The van der Waals surface area contributed by atoms with Crippen LogP contribution in [0.15, 0.2) is 12.2 Å². The molecule has 5 atom stereocenters. The number of fused-ring (bicyclic) bond motifs is 2. The second-order valence-corrected chi connectivity index (χ2v) is 4.38. The summed E-state index contributed by atoms with van der Waals surface area (Å²) in [6.45, 7) is 1.69. The summed E-state index contributed by atoms with van der Waals surface area (Å²) in [7, 11) is 0. The van der Waals surface area contributed by atoms with Crippen LogP contribution in [0.4, 0.5) is 0 Å². The molecule has 0 radical (unpaired) electrons. The van der Waals surface area contributed by atoms with Crippen molar-refractivity contribution < 1.29 is 9.59 Å². The van der Waals surface area contributed by atoms with Gasteiger partial charge in [-0.1, -0.05) is 12.2 Å². The average molecular weight is 193 g/mol. The van der Waals surface area contributed by atoms with Crippen LogP contribution in [0.1, 0.15) is 13.3 Å². The molecule has 2 bridgehead atoms. The van der Waals surface area contributed by atoms with Gasteiger partial charge < -0.3 is 10.5 Å². The van der Waals surface area contributed by atoms with Gasteiger partial charge in [-0.15, -0.1) is 0 Å². The van der Waals surface area contributed by atoms with Crippen molar-refractivity contribution in [3.05, 3.63) is 12.2 Å². The van der Waals surface area contributed by atoms with E-state index >= 15 is 0 Å². The van der Waals surface area contributed by atoms with Crippen molar-refractivity contribution >= 4 is 12.1 Å². The third-order valence-corrected chi connectivity index (χ3v) is 3.45. The maximum absolute atomic E-state index is 11.8. The summed E-state index contributed by atoms with van der Waals surface area (Å²) in [4.78, 5) is 22.7. The quantitative estimate of drug-likeness (QED) is 0.525. The number of hydrogen-bond acceptors (Lipinski definition) is 3. The van der Waals surface area contributed by atoms with Crippen molar-refractivity contribution in [2.75, 3.05) is 0 Å². The molecule has 0 aromatic rings. The highest BCUT2D eigenvalue weighted by atomic mass is 16.1. The Morgan fingerprint density at radius 2 is 2.14 bits per heavy atom. The highest BCUT2D eigenvalue weighted by molar-refractivity contribution is 5.89. The van der Waals surface area contributed by atoms with Gasteiger partial charge in [-0.2, -0.15) is 0 Å². The maximum Gasteiger partial charge on any atom is 0.153 e. The topological polar surface area (TPSA) is 60.2 Å². The Balaban J connectivity index is 2.23. The molecule has 2 aliphatic rings. The molecule has 0 saturated heterocycles. The summed E-state index contributed by atoms with van der Waals surface area (Å²) in [6.07, 6.45) is 6.01. The maximum atomic E-state index is 11.8. The number of allylic oxidation sites excluding steroid dienone is 2. The number of carbonyl (C=O) groups excluding carboxylic acids is 2. The van der Waals surface area contributed by atoms with Gasteiger partial charge in [0.05, 0.1) is 6.04 Å². The second-order valence-electron chi connectivity index (χ2n) is 4.38. The van der Waals surface area contributed by atoms with E-state index in [0.717, 1.165) is 12.7 Å². The van der Waals surface area contributed by atoms with Gasteiger partial charge >= 0.3 is 0 Å². The van der Waals surface area contributed by atoms with Crippen LogP contribution in [-0.4, -0.2) is 18.1 Å². The fourth-order valence-corrected chi connectivity index (χ4v) is 2.75. The first-order valence-corrected chi connectivity index (χ1v) is 5.08. The second kappa shape index (κ2) is 3.31. The number of aldehydes is 1. The number of nitrogens with two attached hydrogens (primary N) is 1. The van der Waals surface area contributed by atoms with Crippen LogP contribution in [0.5, 0.6) is 0 Å². The van der Waals surface area contributed by atoms with Crippen LogP contribution in [0.2, 0.25) is 0 Å². The van der Waals surface area contributed by atoms with Crippen molar-refractivity contribution in [3.8, 4) is 0 Å². The average Bonchev–Trinajstić information content (AvgIpc) is 2.74. The third-order valence-electron chi connectivity index (χ3n) is 3.45. The highest BCUT2D eigenvalue weighted by Gasteiger charge is 2.48. The minimum absolute atomic E-state index is 0.0407. The van der Waals surface area contributed by atoms with Crippen LogP contribution in [0.3, 0.4) is 0 Å². The lowest BCUT2D eigenvalue weighted by Gasteiger charge is -2.23. The molecular weight excluding hydrogens is 178 g/mol. The number of Topliss-reactive ketones (excluding diaryl/α,β-unsaturated/α-hetero) is 1. The van der Waals surface area contributed by atoms with E-state index in [9.17, 15) is 9.59 Å². The third kappa shape index (κ3) is 1.23. The highest BCUT2D eigenvalue weighted by Crippen LogP contribution is 2.47. The van der Waals surface area contributed by atoms with Gasteiger partial charge in [0.15, 0.2) is 5.78 Å². The molecule has 3 nitrogen and oxygen atoms in total. The molecule has 0 aliphatic heterocycles. The predicted octanol–water partition coefficient (Wildman–Crippen LogP) is 0.540. The summed E-state index contributed by atoms with van der Waals surface area (Å²) < 4.78 is 0. The van der Waals surface area contributed by atoms with E-state index in [-0.39, 0.29) is 29.5 Å². The standard InChI is InChI=1S/C11H15NO2/c1-6(12)11(14)10-8-3-2-7(4-8)9(10)5-13/h2-3,5-10H,4,12H2,1H3. The van der Waals surface area contributed by atoms with Gasteiger partial charge in [-0.05, 0) is 25.2 Å². The monoisotopic (exact) mass is 193 g/mol. The molecule has 0 spiro atoms.